The molecule has 1 rings (SSSR count). The van der Waals surface area contributed by atoms with E-state index < -0.39 is 0 Å². The van der Waals surface area contributed by atoms with Crippen LogP contribution in [-0.4, -0.2) is 0 Å². The summed E-state index contributed by atoms with van der Waals surface area (Å²) in [5.41, 5.74) is 2.04. The number of hydrogen-bond donors (Lipinski definition) is 0. The Balaban J connectivity index is 3.35. The first-order chi connectivity index (χ1) is 6.86. The predicted molar refractivity (Wildman–Crippen MR) is 62.3 cm³/mol. The van der Waals surface area contributed by atoms with Gasteiger partial charge in [-0.3, -0.25) is 0 Å². The zero-order chi connectivity index (χ0) is 11.6. The zero-order valence-electron chi connectivity index (χ0n) is 9.76. The van der Waals surface area contributed by atoms with Gasteiger partial charge in [0.1, 0.15) is 5.82 Å². The summed E-state index contributed by atoms with van der Waals surface area (Å²) in [5.74, 6) is 2.39. The minimum Gasteiger partial charge on any atom is -0.207 e. The molecule has 1 heteroatoms. The van der Waals surface area contributed by atoms with Crippen LogP contribution in [0.4, 0.5) is 4.39 Å². The third-order valence-corrected chi connectivity index (χ3v) is 2.54. The lowest BCUT2D eigenvalue weighted by Gasteiger charge is -2.24. The molecule has 80 valence electrons. The molecule has 1 atom stereocenters. The first kappa shape index (κ1) is 11.8. The van der Waals surface area contributed by atoms with Gasteiger partial charge in [-0.15, -0.1) is 6.42 Å². The summed E-state index contributed by atoms with van der Waals surface area (Å²) < 4.78 is 13.2. The lowest BCUT2D eigenvalue weighted by Crippen LogP contribution is -2.15. The lowest BCUT2D eigenvalue weighted by atomic mass is 9.80. The SMILES string of the molecule is C#CC(C)c1cc(F)ccc1C(C)(C)C. The van der Waals surface area contributed by atoms with E-state index in [1.165, 1.54) is 6.07 Å². The van der Waals surface area contributed by atoms with E-state index in [-0.39, 0.29) is 17.2 Å². The molecular weight excluding hydrogens is 187 g/mol. The van der Waals surface area contributed by atoms with Crippen LogP contribution in [0, 0.1) is 18.2 Å². The number of benzene rings is 1. The molecule has 0 aliphatic heterocycles. The van der Waals surface area contributed by atoms with Crippen LogP contribution in [0.2, 0.25) is 0 Å². The summed E-state index contributed by atoms with van der Waals surface area (Å²) in [6, 6.07) is 4.87. The fraction of sp³-hybridized carbons (Fsp3) is 0.429. The van der Waals surface area contributed by atoms with Gasteiger partial charge >= 0.3 is 0 Å². The van der Waals surface area contributed by atoms with Gasteiger partial charge in [0.2, 0.25) is 0 Å². The second kappa shape index (κ2) is 4.06. The Morgan fingerprint density at radius 3 is 2.40 bits per heavy atom. The van der Waals surface area contributed by atoms with Crippen molar-refractivity contribution < 1.29 is 4.39 Å². The molecule has 0 aliphatic carbocycles. The van der Waals surface area contributed by atoms with Crippen molar-refractivity contribution in [2.24, 2.45) is 0 Å². The van der Waals surface area contributed by atoms with E-state index in [4.69, 9.17) is 6.42 Å². The van der Waals surface area contributed by atoms with Gasteiger partial charge in [0.25, 0.3) is 0 Å². The van der Waals surface area contributed by atoms with Crippen LogP contribution in [0.5, 0.6) is 0 Å². The summed E-state index contributed by atoms with van der Waals surface area (Å²) >= 11 is 0. The van der Waals surface area contributed by atoms with Gasteiger partial charge in [-0.25, -0.2) is 4.39 Å². The van der Waals surface area contributed by atoms with E-state index in [1.54, 1.807) is 6.07 Å². The maximum atomic E-state index is 13.2. The van der Waals surface area contributed by atoms with Crippen molar-refractivity contribution in [1.82, 2.24) is 0 Å². The normalized spacial score (nSPS) is 13.3. The van der Waals surface area contributed by atoms with E-state index in [0.717, 1.165) is 11.1 Å². The molecule has 0 saturated carbocycles. The van der Waals surface area contributed by atoms with Crippen LogP contribution in [0.15, 0.2) is 18.2 Å². The van der Waals surface area contributed by atoms with Crippen LogP contribution in [0.3, 0.4) is 0 Å². The quantitative estimate of drug-likeness (QED) is 0.609. The van der Waals surface area contributed by atoms with E-state index in [9.17, 15) is 4.39 Å². The molecule has 0 radical (unpaired) electrons. The molecule has 0 spiro atoms. The molecule has 1 aromatic rings. The number of terminal acetylenes is 1. The summed E-state index contributed by atoms with van der Waals surface area (Å²) in [4.78, 5) is 0. The summed E-state index contributed by atoms with van der Waals surface area (Å²) in [7, 11) is 0. The van der Waals surface area contributed by atoms with Gasteiger partial charge in [0.15, 0.2) is 0 Å². The predicted octanol–water partition coefficient (Wildman–Crippen LogP) is 3.86. The summed E-state index contributed by atoms with van der Waals surface area (Å²) in [5, 5.41) is 0. The third kappa shape index (κ3) is 2.59. The van der Waals surface area contributed by atoms with Crippen molar-refractivity contribution in [3.05, 3.63) is 35.1 Å². The fourth-order valence-electron chi connectivity index (χ4n) is 1.66. The van der Waals surface area contributed by atoms with E-state index in [1.807, 2.05) is 13.0 Å². The molecule has 0 fully saturated rings. The molecule has 0 aromatic heterocycles. The van der Waals surface area contributed by atoms with Crippen molar-refractivity contribution in [2.75, 3.05) is 0 Å². The highest BCUT2D eigenvalue weighted by Crippen LogP contribution is 2.30. The molecule has 0 heterocycles. The first-order valence-electron chi connectivity index (χ1n) is 5.12. The molecule has 0 bridgehead atoms. The number of hydrogen-bond acceptors (Lipinski definition) is 0. The Hall–Kier alpha value is -1.29. The summed E-state index contributed by atoms with van der Waals surface area (Å²) in [6.45, 7) is 8.23. The van der Waals surface area contributed by atoms with Gasteiger partial charge in [0.05, 0.1) is 0 Å². The third-order valence-electron chi connectivity index (χ3n) is 2.54. The van der Waals surface area contributed by atoms with Crippen LogP contribution >= 0.6 is 0 Å². The largest absolute Gasteiger partial charge is 0.207 e. The highest BCUT2D eigenvalue weighted by molar-refractivity contribution is 5.38. The minimum atomic E-state index is -0.222. The average Bonchev–Trinajstić information content (AvgIpc) is 2.14. The maximum absolute atomic E-state index is 13.2. The van der Waals surface area contributed by atoms with Crippen molar-refractivity contribution in [3.8, 4) is 12.3 Å². The molecule has 0 nitrogen and oxygen atoms in total. The minimum absolute atomic E-state index is 0.00581. The first-order valence-corrected chi connectivity index (χ1v) is 5.12. The van der Waals surface area contributed by atoms with Crippen LogP contribution in [0.25, 0.3) is 0 Å². The molecule has 0 N–H and O–H groups in total. The number of halogens is 1. The molecule has 15 heavy (non-hydrogen) atoms. The van der Waals surface area contributed by atoms with E-state index in [2.05, 4.69) is 26.7 Å². The molecule has 0 saturated heterocycles. The van der Waals surface area contributed by atoms with Crippen molar-refractivity contribution >= 4 is 0 Å². The van der Waals surface area contributed by atoms with Gasteiger partial charge in [-0.1, -0.05) is 32.8 Å². The highest BCUT2D eigenvalue weighted by atomic mass is 19.1. The van der Waals surface area contributed by atoms with Crippen LogP contribution < -0.4 is 0 Å². The number of rotatable bonds is 1. The molecule has 0 aliphatic rings. The second-order valence-corrected chi connectivity index (χ2v) is 4.87. The molecular formula is C14H17F. The monoisotopic (exact) mass is 204 g/mol. The Morgan fingerprint density at radius 1 is 1.33 bits per heavy atom. The highest BCUT2D eigenvalue weighted by Gasteiger charge is 2.20. The molecule has 1 aromatic carbocycles. The van der Waals surface area contributed by atoms with Crippen molar-refractivity contribution in [3.63, 3.8) is 0 Å². The second-order valence-electron chi connectivity index (χ2n) is 4.87. The van der Waals surface area contributed by atoms with Gasteiger partial charge < -0.3 is 0 Å². The Morgan fingerprint density at radius 2 is 1.93 bits per heavy atom. The van der Waals surface area contributed by atoms with Crippen molar-refractivity contribution in [2.45, 2.75) is 39.0 Å². The van der Waals surface area contributed by atoms with Crippen molar-refractivity contribution in [1.29, 1.82) is 0 Å². The fourth-order valence-corrected chi connectivity index (χ4v) is 1.66. The molecule has 0 amide bonds. The van der Waals surface area contributed by atoms with Gasteiger partial charge in [-0.05, 0) is 35.6 Å². The average molecular weight is 204 g/mol. The van der Waals surface area contributed by atoms with Crippen LogP contribution in [-0.2, 0) is 5.41 Å². The lowest BCUT2D eigenvalue weighted by molar-refractivity contribution is 0.572. The Kier molecular flexibility index (Phi) is 3.19. The topological polar surface area (TPSA) is 0 Å². The Bertz CT molecular complexity index is 391. The smallest absolute Gasteiger partial charge is 0.123 e. The van der Waals surface area contributed by atoms with E-state index in [0.29, 0.717) is 0 Å². The van der Waals surface area contributed by atoms with Gasteiger partial charge in [-0.2, -0.15) is 0 Å². The van der Waals surface area contributed by atoms with Gasteiger partial charge in [0, 0.05) is 5.92 Å². The zero-order valence-corrected chi connectivity index (χ0v) is 9.76. The van der Waals surface area contributed by atoms with E-state index >= 15 is 0 Å². The summed E-state index contributed by atoms with van der Waals surface area (Å²) in [6.07, 6.45) is 5.39. The Labute approximate surface area is 91.5 Å². The molecule has 1 unspecified atom stereocenters. The van der Waals surface area contributed by atoms with Crippen LogP contribution in [0.1, 0.15) is 44.7 Å². The maximum Gasteiger partial charge on any atom is 0.123 e. The standard InChI is InChI=1S/C14H17F/c1-6-10(2)12-9-11(15)7-8-13(12)14(3,4)5/h1,7-10H,2-5H3.